The molecule has 2 aliphatic rings. The number of anilines is 1. The molecule has 108 valence electrons. The summed E-state index contributed by atoms with van der Waals surface area (Å²) in [7, 11) is 0. The Kier molecular flexibility index (Phi) is 3.80. The molecule has 1 N–H and O–H groups in total. The van der Waals surface area contributed by atoms with Crippen molar-refractivity contribution in [1.82, 2.24) is 5.32 Å². The Hall–Kier alpha value is -0.960. The highest BCUT2D eigenvalue weighted by Gasteiger charge is 2.36. The van der Waals surface area contributed by atoms with Gasteiger partial charge in [0.1, 0.15) is 11.5 Å². The molecule has 0 amide bonds. The zero-order valence-corrected chi connectivity index (χ0v) is 13.0. The molecule has 0 radical (unpaired) electrons. The first-order valence-electron chi connectivity index (χ1n) is 6.68. The van der Waals surface area contributed by atoms with Crippen LogP contribution < -0.4 is 10.2 Å². The van der Waals surface area contributed by atoms with Gasteiger partial charge in [0.25, 0.3) is 5.69 Å². The highest BCUT2D eigenvalue weighted by Crippen LogP contribution is 2.36. The Bertz CT molecular complexity index is 541. The van der Waals surface area contributed by atoms with Crippen molar-refractivity contribution in [2.75, 3.05) is 24.5 Å². The van der Waals surface area contributed by atoms with E-state index in [0.717, 1.165) is 25.9 Å². The number of hydrogen-bond acceptors (Lipinski definition) is 4. The maximum atomic E-state index is 13.8. The minimum atomic E-state index is -0.424. The third-order valence-corrected chi connectivity index (χ3v) is 4.98. The number of piperidine rings is 1. The van der Waals surface area contributed by atoms with E-state index < -0.39 is 10.7 Å². The van der Waals surface area contributed by atoms with Crippen molar-refractivity contribution in [1.29, 1.82) is 0 Å². The summed E-state index contributed by atoms with van der Waals surface area (Å²) in [6, 6.07) is 2.99. The third kappa shape index (κ3) is 2.48. The molecule has 5 nitrogen and oxygen atoms in total. The average molecular weight is 391 g/mol. The molecule has 20 heavy (non-hydrogen) atoms. The Morgan fingerprint density at radius 3 is 2.95 bits per heavy atom. The zero-order valence-electron chi connectivity index (χ0n) is 10.8. The molecular weight excluding hydrogens is 376 g/mol. The Balaban J connectivity index is 1.93. The van der Waals surface area contributed by atoms with E-state index in [1.54, 1.807) is 22.6 Å². The van der Waals surface area contributed by atoms with Crippen LogP contribution >= 0.6 is 22.6 Å². The van der Waals surface area contributed by atoms with Crippen LogP contribution in [-0.2, 0) is 0 Å². The van der Waals surface area contributed by atoms with Gasteiger partial charge < -0.3 is 10.2 Å². The van der Waals surface area contributed by atoms with Crippen LogP contribution in [0.4, 0.5) is 15.8 Å². The minimum Gasteiger partial charge on any atom is -0.364 e. The van der Waals surface area contributed by atoms with Gasteiger partial charge in [0.05, 0.1) is 8.49 Å². The van der Waals surface area contributed by atoms with Gasteiger partial charge in [-0.25, -0.2) is 4.39 Å². The van der Waals surface area contributed by atoms with Gasteiger partial charge in [0.15, 0.2) is 0 Å². The third-order valence-electron chi connectivity index (χ3n) is 4.15. The lowest BCUT2D eigenvalue weighted by molar-refractivity contribution is -0.384. The molecule has 2 aliphatic heterocycles. The molecule has 0 spiro atoms. The summed E-state index contributed by atoms with van der Waals surface area (Å²) in [4.78, 5) is 12.7. The number of fused-ring (bicyclic) bond motifs is 1. The molecule has 0 aliphatic carbocycles. The molecule has 0 saturated carbocycles. The van der Waals surface area contributed by atoms with Gasteiger partial charge in [-0.3, -0.25) is 10.1 Å². The van der Waals surface area contributed by atoms with Gasteiger partial charge in [-0.1, -0.05) is 0 Å². The largest absolute Gasteiger partial charge is 0.364 e. The van der Waals surface area contributed by atoms with Gasteiger partial charge in [-0.05, 0) is 47.9 Å². The summed E-state index contributed by atoms with van der Waals surface area (Å²) >= 11 is 1.79. The van der Waals surface area contributed by atoms with E-state index in [2.05, 4.69) is 5.32 Å². The summed E-state index contributed by atoms with van der Waals surface area (Å²) in [6.07, 6.45) is 2.27. The molecule has 2 saturated heterocycles. The predicted molar refractivity (Wildman–Crippen MR) is 82.5 cm³/mol. The molecule has 2 fully saturated rings. The average Bonchev–Trinajstić information content (AvgIpc) is 2.84. The van der Waals surface area contributed by atoms with Crippen molar-refractivity contribution in [3.8, 4) is 0 Å². The summed E-state index contributed by atoms with van der Waals surface area (Å²) < 4.78 is 14.1. The highest BCUT2D eigenvalue weighted by atomic mass is 127. The highest BCUT2D eigenvalue weighted by molar-refractivity contribution is 14.1. The fourth-order valence-electron chi connectivity index (χ4n) is 3.17. The molecule has 1 aromatic rings. The van der Waals surface area contributed by atoms with Gasteiger partial charge >= 0.3 is 0 Å². The number of nitro groups is 1. The van der Waals surface area contributed by atoms with Crippen LogP contribution in [0.5, 0.6) is 0 Å². The van der Waals surface area contributed by atoms with E-state index in [-0.39, 0.29) is 9.26 Å². The zero-order chi connectivity index (χ0) is 14.3. The maximum Gasteiger partial charge on any atom is 0.293 e. The number of nitrogens with zero attached hydrogens (tertiary/aromatic N) is 2. The Labute approximate surface area is 129 Å². The summed E-state index contributed by atoms with van der Waals surface area (Å²) in [5.74, 6) is 0.111. The van der Waals surface area contributed by atoms with Crippen molar-refractivity contribution in [2.24, 2.45) is 5.92 Å². The van der Waals surface area contributed by atoms with E-state index in [4.69, 9.17) is 0 Å². The van der Waals surface area contributed by atoms with Crippen LogP contribution in [0.25, 0.3) is 0 Å². The van der Waals surface area contributed by atoms with Gasteiger partial charge in [-0.2, -0.15) is 0 Å². The van der Waals surface area contributed by atoms with Crippen molar-refractivity contribution >= 4 is 34.0 Å². The normalized spacial score (nSPS) is 25.6. The predicted octanol–water partition coefficient (Wildman–Crippen LogP) is 2.53. The molecule has 2 heterocycles. The number of rotatable bonds is 2. The second-order valence-corrected chi connectivity index (χ2v) is 6.54. The van der Waals surface area contributed by atoms with Crippen molar-refractivity contribution < 1.29 is 9.31 Å². The smallest absolute Gasteiger partial charge is 0.293 e. The number of nitro benzene ring substituents is 1. The van der Waals surface area contributed by atoms with Gasteiger partial charge in [-0.15, -0.1) is 0 Å². The number of halogens is 2. The quantitative estimate of drug-likeness (QED) is 0.478. The molecule has 1 aromatic carbocycles. The molecular formula is C13H15FIN3O2. The molecule has 3 rings (SSSR count). The molecule has 2 atom stereocenters. The van der Waals surface area contributed by atoms with Crippen molar-refractivity contribution in [2.45, 2.75) is 18.9 Å². The monoisotopic (exact) mass is 391 g/mol. The Morgan fingerprint density at radius 2 is 2.25 bits per heavy atom. The topological polar surface area (TPSA) is 58.4 Å². The lowest BCUT2D eigenvalue weighted by Gasteiger charge is -2.24. The van der Waals surface area contributed by atoms with Crippen LogP contribution in [0.3, 0.4) is 0 Å². The van der Waals surface area contributed by atoms with Crippen LogP contribution in [0, 0.1) is 25.4 Å². The Morgan fingerprint density at radius 1 is 1.45 bits per heavy atom. The van der Waals surface area contributed by atoms with E-state index in [9.17, 15) is 14.5 Å². The van der Waals surface area contributed by atoms with E-state index in [0.29, 0.717) is 24.2 Å². The minimum absolute atomic E-state index is 0.00514. The van der Waals surface area contributed by atoms with Gasteiger partial charge in [0, 0.05) is 31.3 Å². The first-order chi connectivity index (χ1) is 9.56. The van der Waals surface area contributed by atoms with Crippen LogP contribution in [0.15, 0.2) is 12.1 Å². The lowest BCUT2D eigenvalue weighted by atomic mass is 9.94. The molecule has 0 aromatic heterocycles. The van der Waals surface area contributed by atoms with Crippen LogP contribution in [-0.4, -0.2) is 30.6 Å². The van der Waals surface area contributed by atoms with Crippen LogP contribution in [0.1, 0.15) is 12.8 Å². The number of benzene rings is 1. The molecule has 0 bridgehead atoms. The second kappa shape index (κ2) is 5.44. The van der Waals surface area contributed by atoms with Crippen LogP contribution in [0.2, 0.25) is 0 Å². The fraction of sp³-hybridized carbons (Fsp3) is 0.538. The van der Waals surface area contributed by atoms with E-state index in [1.165, 1.54) is 12.1 Å². The summed E-state index contributed by atoms with van der Waals surface area (Å²) in [5.41, 5.74) is 0.401. The van der Waals surface area contributed by atoms with Gasteiger partial charge in [0.2, 0.25) is 0 Å². The summed E-state index contributed by atoms with van der Waals surface area (Å²) in [6.45, 7) is 2.47. The first-order valence-corrected chi connectivity index (χ1v) is 7.76. The molecule has 7 heteroatoms. The fourth-order valence-corrected chi connectivity index (χ4v) is 3.62. The van der Waals surface area contributed by atoms with E-state index >= 15 is 0 Å². The number of nitrogens with one attached hydrogen (secondary N) is 1. The van der Waals surface area contributed by atoms with Crippen molar-refractivity contribution in [3.05, 3.63) is 31.6 Å². The first kappa shape index (κ1) is 14.0. The standard InChI is InChI=1S/C13H15FIN3O2/c14-9-4-12(13(18(19)20)5-10(9)15)17-6-8-2-1-3-16-11(8)7-17/h4-5,8,11,16H,1-3,6-7H2. The van der Waals surface area contributed by atoms with Crippen molar-refractivity contribution in [3.63, 3.8) is 0 Å². The number of hydrogen-bond donors (Lipinski definition) is 1. The summed E-state index contributed by atoms with van der Waals surface area (Å²) in [5, 5.41) is 14.6. The maximum absolute atomic E-state index is 13.8. The second-order valence-electron chi connectivity index (χ2n) is 5.38. The SMILES string of the molecule is O=[N+]([O-])c1cc(I)c(F)cc1N1CC2CCCNC2C1. The van der Waals surface area contributed by atoms with E-state index in [1.807, 2.05) is 4.90 Å². The molecule has 2 unspecified atom stereocenters. The lowest BCUT2D eigenvalue weighted by Crippen LogP contribution is -2.40.